The van der Waals surface area contributed by atoms with Crippen molar-refractivity contribution in [2.45, 2.75) is 25.3 Å². The molecule has 0 radical (unpaired) electrons. The van der Waals surface area contributed by atoms with Crippen molar-refractivity contribution in [3.63, 3.8) is 0 Å². The molecule has 0 saturated heterocycles. The number of hydrogen-bond acceptors (Lipinski definition) is 6. The second-order valence-electron chi connectivity index (χ2n) is 6.00. The fourth-order valence-electron chi connectivity index (χ4n) is 2.54. The number of aryl methyl sites for hydroxylation is 1. The van der Waals surface area contributed by atoms with E-state index in [1.165, 1.54) is 25.1 Å². The lowest BCUT2D eigenvalue weighted by Crippen LogP contribution is -2.45. The molecule has 0 spiro atoms. The van der Waals surface area contributed by atoms with Crippen molar-refractivity contribution in [2.75, 3.05) is 0 Å². The van der Waals surface area contributed by atoms with Crippen LogP contribution in [-0.4, -0.2) is 37.2 Å². The SMILES string of the molecule is Cc1cc(=O)c(C(=O)NC2(C(=O)O)CC2)nn1-c1ccccc1[N+](=O)[O-]. The molecule has 10 heteroatoms. The first-order valence-corrected chi connectivity index (χ1v) is 7.66. The van der Waals surface area contributed by atoms with Gasteiger partial charge in [0.25, 0.3) is 11.6 Å². The molecule has 0 bridgehead atoms. The number of carbonyl (C=O) groups excluding carboxylic acids is 1. The number of carboxylic acids is 1. The number of carboxylic acid groups (broad SMARTS) is 1. The average molecular weight is 358 g/mol. The van der Waals surface area contributed by atoms with E-state index in [4.69, 9.17) is 5.11 Å². The minimum Gasteiger partial charge on any atom is -0.480 e. The Kier molecular flexibility index (Phi) is 4.03. The van der Waals surface area contributed by atoms with Gasteiger partial charge in [-0.1, -0.05) is 12.1 Å². The second-order valence-corrected chi connectivity index (χ2v) is 6.00. The van der Waals surface area contributed by atoms with Crippen LogP contribution in [0.5, 0.6) is 0 Å². The van der Waals surface area contributed by atoms with Crippen LogP contribution in [0.4, 0.5) is 5.69 Å². The molecule has 1 amide bonds. The molecular weight excluding hydrogens is 344 g/mol. The molecule has 1 aromatic carbocycles. The van der Waals surface area contributed by atoms with E-state index in [2.05, 4.69) is 10.4 Å². The highest BCUT2D eigenvalue weighted by Crippen LogP contribution is 2.35. The first kappa shape index (κ1) is 17.3. The molecule has 3 rings (SSSR count). The highest BCUT2D eigenvalue weighted by atomic mass is 16.6. The van der Waals surface area contributed by atoms with Crippen LogP contribution in [0, 0.1) is 17.0 Å². The third-order valence-electron chi connectivity index (χ3n) is 4.14. The maximum atomic E-state index is 12.4. The molecule has 0 atom stereocenters. The molecule has 2 aromatic rings. The zero-order valence-electron chi connectivity index (χ0n) is 13.6. The van der Waals surface area contributed by atoms with Gasteiger partial charge in [0.1, 0.15) is 11.2 Å². The van der Waals surface area contributed by atoms with E-state index in [-0.39, 0.29) is 24.2 Å². The number of nitrogens with one attached hydrogen (secondary N) is 1. The van der Waals surface area contributed by atoms with E-state index in [9.17, 15) is 24.5 Å². The number of nitro groups is 1. The number of aromatic nitrogens is 2. The molecule has 1 heterocycles. The molecule has 1 fully saturated rings. The first-order valence-electron chi connectivity index (χ1n) is 7.66. The van der Waals surface area contributed by atoms with Crippen LogP contribution in [0.3, 0.4) is 0 Å². The standard InChI is InChI=1S/C16H14N4O6/c1-9-8-12(21)13(14(22)17-16(6-7-16)15(23)24)18-19(9)10-4-2-3-5-11(10)20(25)26/h2-5,8H,6-7H2,1H3,(H,17,22)(H,23,24). The van der Waals surface area contributed by atoms with Crippen LogP contribution in [0.1, 0.15) is 29.0 Å². The Balaban J connectivity index is 2.06. The van der Waals surface area contributed by atoms with Crippen molar-refractivity contribution in [1.29, 1.82) is 0 Å². The summed E-state index contributed by atoms with van der Waals surface area (Å²) in [6.07, 6.45) is 0.524. The molecule has 1 saturated carbocycles. The highest BCUT2D eigenvalue weighted by molar-refractivity contribution is 5.97. The Hall–Kier alpha value is -3.56. The van der Waals surface area contributed by atoms with E-state index in [1.54, 1.807) is 6.07 Å². The quantitative estimate of drug-likeness (QED) is 0.594. The van der Waals surface area contributed by atoms with Crippen molar-refractivity contribution in [1.82, 2.24) is 15.1 Å². The number of benzene rings is 1. The van der Waals surface area contributed by atoms with Crippen LogP contribution in [-0.2, 0) is 4.79 Å². The zero-order valence-corrected chi connectivity index (χ0v) is 13.6. The largest absolute Gasteiger partial charge is 0.480 e. The minimum absolute atomic E-state index is 0.0865. The minimum atomic E-state index is -1.38. The van der Waals surface area contributed by atoms with Crippen LogP contribution in [0.2, 0.25) is 0 Å². The molecule has 26 heavy (non-hydrogen) atoms. The molecule has 1 aromatic heterocycles. The molecule has 0 aliphatic heterocycles. The van der Waals surface area contributed by atoms with Gasteiger partial charge < -0.3 is 10.4 Å². The van der Waals surface area contributed by atoms with E-state index in [0.29, 0.717) is 5.69 Å². The number of carbonyl (C=O) groups is 2. The topological polar surface area (TPSA) is 144 Å². The van der Waals surface area contributed by atoms with Crippen LogP contribution < -0.4 is 10.7 Å². The Morgan fingerprint density at radius 3 is 2.58 bits per heavy atom. The summed E-state index contributed by atoms with van der Waals surface area (Å²) in [6, 6.07) is 6.88. The van der Waals surface area contributed by atoms with Gasteiger partial charge in [-0.15, -0.1) is 0 Å². The number of para-hydroxylation sites is 2. The van der Waals surface area contributed by atoms with Gasteiger partial charge in [0.15, 0.2) is 5.69 Å². The predicted molar refractivity (Wildman–Crippen MR) is 88.3 cm³/mol. The predicted octanol–water partition coefficient (Wildman–Crippen LogP) is 0.796. The molecule has 1 aliphatic rings. The van der Waals surface area contributed by atoms with Crippen LogP contribution in [0.15, 0.2) is 35.1 Å². The highest BCUT2D eigenvalue weighted by Gasteiger charge is 2.52. The van der Waals surface area contributed by atoms with Gasteiger partial charge in [0.2, 0.25) is 5.43 Å². The maximum absolute atomic E-state index is 12.4. The normalized spacial score (nSPS) is 14.5. The maximum Gasteiger partial charge on any atom is 0.329 e. The van der Waals surface area contributed by atoms with E-state index in [0.717, 1.165) is 10.7 Å². The number of nitrogens with zero attached hydrogens (tertiary/aromatic N) is 3. The van der Waals surface area contributed by atoms with Crippen molar-refractivity contribution in [2.24, 2.45) is 0 Å². The van der Waals surface area contributed by atoms with E-state index < -0.39 is 33.5 Å². The van der Waals surface area contributed by atoms with Gasteiger partial charge in [-0.3, -0.25) is 19.7 Å². The third kappa shape index (κ3) is 2.92. The zero-order chi connectivity index (χ0) is 19.1. The summed E-state index contributed by atoms with van der Waals surface area (Å²) in [7, 11) is 0. The third-order valence-corrected chi connectivity index (χ3v) is 4.14. The van der Waals surface area contributed by atoms with Crippen molar-refractivity contribution < 1.29 is 19.6 Å². The lowest BCUT2D eigenvalue weighted by atomic mass is 10.2. The smallest absolute Gasteiger partial charge is 0.329 e. The molecular formula is C16H14N4O6. The van der Waals surface area contributed by atoms with Crippen molar-refractivity contribution in [3.05, 3.63) is 62.1 Å². The number of nitro benzene ring substituents is 1. The molecule has 1 aliphatic carbocycles. The van der Waals surface area contributed by atoms with Crippen molar-refractivity contribution in [3.8, 4) is 5.69 Å². The van der Waals surface area contributed by atoms with E-state index >= 15 is 0 Å². The summed E-state index contributed by atoms with van der Waals surface area (Å²) in [5.41, 5.74) is -2.47. The summed E-state index contributed by atoms with van der Waals surface area (Å²) in [5.74, 6) is -2.11. The van der Waals surface area contributed by atoms with Gasteiger partial charge in [-0.05, 0) is 25.8 Å². The number of rotatable bonds is 5. The summed E-state index contributed by atoms with van der Waals surface area (Å²) < 4.78 is 1.12. The Bertz CT molecular complexity index is 992. The summed E-state index contributed by atoms with van der Waals surface area (Å²) in [5, 5.41) is 26.6. The summed E-state index contributed by atoms with van der Waals surface area (Å²) in [4.78, 5) is 46.3. The van der Waals surface area contributed by atoms with Crippen LogP contribution in [0.25, 0.3) is 5.69 Å². The Labute approximate surface area is 146 Å². The Morgan fingerprint density at radius 2 is 2.00 bits per heavy atom. The molecule has 10 nitrogen and oxygen atoms in total. The number of hydrogen-bond donors (Lipinski definition) is 2. The van der Waals surface area contributed by atoms with E-state index in [1.807, 2.05) is 0 Å². The molecule has 2 N–H and O–H groups in total. The fourth-order valence-corrected chi connectivity index (χ4v) is 2.54. The van der Waals surface area contributed by atoms with Gasteiger partial charge in [-0.2, -0.15) is 5.10 Å². The average Bonchev–Trinajstić information content (AvgIpc) is 3.35. The van der Waals surface area contributed by atoms with Crippen molar-refractivity contribution >= 4 is 17.6 Å². The molecule has 134 valence electrons. The monoisotopic (exact) mass is 358 g/mol. The van der Waals surface area contributed by atoms with Gasteiger partial charge in [-0.25, -0.2) is 9.48 Å². The lowest BCUT2D eigenvalue weighted by Gasteiger charge is -2.14. The summed E-state index contributed by atoms with van der Waals surface area (Å²) in [6.45, 7) is 1.52. The summed E-state index contributed by atoms with van der Waals surface area (Å²) >= 11 is 0. The van der Waals surface area contributed by atoms with Gasteiger partial charge in [0, 0.05) is 17.8 Å². The second kappa shape index (κ2) is 6.06. The van der Waals surface area contributed by atoms with Crippen LogP contribution >= 0.6 is 0 Å². The fraction of sp³-hybridized carbons (Fsp3) is 0.250. The molecule has 0 unspecified atom stereocenters. The van der Waals surface area contributed by atoms with Gasteiger partial charge >= 0.3 is 5.97 Å². The van der Waals surface area contributed by atoms with Gasteiger partial charge in [0.05, 0.1) is 4.92 Å². The first-order chi connectivity index (χ1) is 12.2. The lowest BCUT2D eigenvalue weighted by molar-refractivity contribution is -0.384. The number of amides is 1. The Morgan fingerprint density at radius 1 is 1.35 bits per heavy atom. The number of aliphatic carboxylic acids is 1.